The molecule has 0 fully saturated rings. The van der Waals surface area contributed by atoms with Crippen LogP contribution in [0.4, 0.5) is 4.39 Å². The average Bonchev–Trinajstić information content (AvgIpc) is 2.76. The van der Waals surface area contributed by atoms with Crippen LogP contribution in [0.15, 0.2) is 30.5 Å². The Balaban J connectivity index is 2.25. The van der Waals surface area contributed by atoms with Gasteiger partial charge in [-0.05, 0) is 12.1 Å². The fraction of sp³-hybridized carbons (Fsp3) is 0.250. The molecule has 0 spiro atoms. The number of aromatic nitrogens is 2. The van der Waals surface area contributed by atoms with Crippen molar-refractivity contribution in [3.63, 3.8) is 0 Å². The van der Waals surface area contributed by atoms with Crippen molar-refractivity contribution >= 4 is 11.6 Å². The van der Waals surface area contributed by atoms with Crippen molar-refractivity contribution in [3.05, 3.63) is 52.6 Å². The van der Waals surface area contributed by atoms with Gasteiger partial charge >= 0.3 is 0 Å². The Morgan fingerprint density at radius 3 is 2.89 bits per heavy atom. The summed E-state index contributed by atoms with van der Waals surface area (Å²) >= 11 is 5.76. The summed E-state index contributed by atoms with van der Waals surface area (Å²) in [7, 11) is 1.83. The van der Waals surface area contributed by atoms with Gasteiger partial charge in [-0.15, -0.1) is 0 Å². The molecule has 6 heteroatoms. The molecule has 2 aromatic rings. The van der Waals surface area contributed by atoms with Crippen molar-refractivity contribution in [1.82, 2.24) is 15.2 Å². The second kappa shape index (κ2) is 5.48. The zero-order valence-corrected chi connectivity index (χ0v) is 10.7. The average molecular weight is 269 g/mol. The van der Waals surface area contributed by atoms with E-state index in [-0.39, 0.29) is 11.1 Å². The highest BCUT2D eigenvalue weighted by Crippen LogP contribution is 2.25. The van der Waals surface area contributed by atoms with Crippen molar-refractivity contribution in [1.29, 1.82) is 0 Å². The van der Waals surface area contributed by atoms with Gasteiger partial charge in [0.2, 0.25) is 0 Å². The zero-order valence-electron chi connectivity index (χ0n) is 9.90. The first-order valence-corrected chi connectivity index (χ1v) is 5.88. The standard InChI is InChI=1S/C12H14ClFN4/c1-18-6-5-8(17-18)7-11(16-15)9-3-2-4-10(13)12(9)14/h2-6,11,16H,7,15H2,1H3. The summed E-state index contributed by atoms with van der Waals surface area (Å²) < 4.78 is 15.6. The minimum atomic E-state index is -0.446. The molecule has 0 amide bonds. The third-order valence-corrected chi connectivity index (χ3v) is 3.03. The Labute approximate surface area is 110 Å². The summed E-state index contributed by atoms with van der Waals surface area (Å²) in [5.41, 5.74) is 3.87. The molecule has 0 bridgehead atoms. The fourth-order valence-electron chi connectivity index (χ4n) is 1.83. The van der Waals surface area contributed by atoms with Gasteiger partial charge < -0.3 is 0 Å². The van der Waals surface area contributed by atoms with Crippen LogP contribution in [0.2, 0.25) is 5.02 Å². The fourth-order valence-corrected chi connectivity index (χ4v) is 2.01. The third kappa shape index (κ3) is 2.69. The van der Waals surface area contributed by atoms with Crippen molar-refractivity contribution in [2.45, 2.75) is 12.5 Å². The van der Waals surface area contributed by atoms with Gasteiger partial charge in [-0.3, -0.25) is 16.0 Å². The first-order valence-electron chi connectivity index (χ1n) is 5.50. The van der Waals surface area contributed by atoms with Crippen LogP contribution in [0.1, 0.15) is 17.3 Å². The van der Waals surface area contributed by atoms with E-state index in [4.69, 9.17) is 17.4 Å². The number of hydrazine groups is 1. The number of rotatable bonds is 4. The maximum Gasteiger partial charge on any atom is 0.146 e. The van der Waals surface area contributed by atoms with Crippen molar-refractivity contribution in [2.75, 3.05) is 0 Å². The molecule has 1 aromatic heterocycles. The van der Waals surface area contributed by atoms with Crippen LogP contribution in [-0.2, 0) is 13.5 Å². The molecule has 0 saturated carbocycles. The summed E-state index contributed by atoms with van der Waals surface area (Å²) in [6, 6.07) is 6.37. The Bertz CT molecular complexity index is 541. The predicted octanol–water partition coefficient (Wildman–Crippen LogP) is 1.96. The number of nitrogens with zero attached hydrogens (tertiary/aromatic N) is 2. The smallest absolute Gasteiger partial charge is 0.146 e. The van der Waals surface area contributed by atoms with Crippen LogP contribution >= 0.6 is 11.6 Å². The van der Waals surface area contributed by atoms with Crippen LogP contribution in [0.3, 0.4) is 0 Å². The van der Waals surface area contributed by atoms with Gasteiger partial charge in [-0.25, -0.2) is 4.39 Å². The maximum absolute atomic E-state index is 13.9. The Morgan fingerprint density at radius 1 is 1.50 bits per heavy atom. The summed E-state index contributed by atoms with van der Waals surface area (Å²) in [6.45, 7) is 0. The molecule has 0 aliphatic carbocycles. The minimum Gasteiger partial charge on any atom is -0.276 e. The number of halogens is 2. The molecule has 1 aromatic carbocycles. The van der Waals surface area contributed by atoms with E-state index in [9.17, 15) is 4.39 Å². The Kier molecular flexibility index (Phi) is 3.96. The third-order valence-electron chi connectivity index (χ3n) is 2.74. The molecule has 3 N–H and O–H groups in total. The van der Waals surface area contributed by atoms with Crippen molar-refractivity contribution in [2.24, 2.45) is 12.9 Å². The summed E-state index contributed by atoms with van der Waals surface area (Å²) in [4.78, 5) is 0. The molecule has 18 heavy (non-hydrogen) atoms. The Hall–Kier alpha value is -1.43. The highest BCUT2D eigenvalue weighted by atomic mass is 35.5. The molecule has 0 aliphatic heterocycles. The lowest BCUT2D eigenvalue weighted by molar-refractivity contribution is 0.504. The number of hydrogen-bond donors (Lipinski definition) is 2. The quantitative estimate of drug-likeness (QED) is 0.658. The van der Waals surface area contributed by atoms with Gasteiger partial charge in [0, 0.05) is 25.2 Å². The molecule has 1 unspecified atom stereocenters. The van der Waals surface area contributed by atoms with E-state index in [1.54, 1.807) is 16.8 Å². The van der Waals surface area contributed by atoms with Crippen molar-refractivity contribution in [3.8, 4) is 0 Å². The second-order valence-electron chi connectivity index (χ2n) is 4.05. The molecular formula is C12H14ClFN4. The largest absolute Gasteiger partial charge is 0.276 e. The van der Waals surface area contributed by atoms with E-state index in [0.717, 1.165) is 5.69 Å². The van der Waals surface area contributed by atoms with Gasteiger partial charge in [0.25, 0.3) is 0 Å². The molecule has 0 radical (unpaired) electrons. The molecule has 4 nitrogen and oxygen atoms in total. The molecule has 0 saturated heterocycles. The van der Waals surface area contributed by atoms with E-state index in [0.29, 0.717) is 12.0 Å². The first kappa shape index (κ1) is 13.0. The number of benzene rings is 1. The van der Waals surface area contributed by atoms with Gasteiger partial charge in [-0.2, -0.15) is 5.10 Å². The van der Waals surface area contributed by atoms with Gasteiger partial charge in [0.1, 0.15) is 5.82 Å². The van der Waals surface area contributed by atoms with Crippen LogP contribution in [0.5, 0.6) is 0 Å². The van der Waals surface area contributed by atoms with Gasteiger partial charge in [0.15, 0.2) is 0 Å². The minimum absolute atomic E-state index is 0.0915. The lowest BCUT2D eigenvalue weighted by atomic mass is 10.0. The highest BCUT2D eigenvalue weighted by molar-refractivity contribution is 6.30. The highest BCUT2D eigenvalue weighted by Gasteiger charge is 2.17. The molecule has 96 valence electrons. The van der Waals surface area contributed by atoms with Crippen LogP contribution in [0, 0.1) is 5.82 Å². The normalized spacial score (nSPS) is 12.7. The second-order valence-corrected chi connectivity index (χ2v) is 4.45. The van der Waals surface area contributed by atoms with E-state index < -0.39 is 5.82 Å². The van der Waals surface area contributed by atoms with E-state index in [1.807, 2.05) is 19.3 Å². The predicted molar refractivity (Wildman–Crippen MR) is 68.4 cm³/mol. The summed E-state index contributed by atoms with van der Waals surface area (Å²) in [6.07, 6.45) is 2.33. The van der Waals surface area contributed by atoms with E-state index >= 15 is 0 Å². The van der Waals surface area contributed by atoms with Gasteiger partial charge in [-0.1, -0.05) is 23.7 Å². The molecule has 1 atom stereocenters. The lowest BCUT2D eigenvalue weighted by Crippen LogP contribution is -2.30. The zero-order chi connectivity index (χ0) is 13.1. The van der Waals surface area contributed by atoms with Crippen LogP contribution in [-0.4, -0.2) is 9.78 Å². The molecule has 2 rings (SSSR count). The summed E-state index contributed by atoms with van der Waals surface area (Å²) in [5.74, 6) is 5.04. The summed E-state index contributed by atoms with van der Waals surface area (Å²) in [5, 5.41) is 4.33. The van der Waals surface area contributed by atoms with Crippen LogP contribution in [0.25, 0.3) is 0 Å². The number of aryl methyl sites for hydroxylation is 1. The SMILES string of the molecule is Cn1ccc(CC(NN)c2cccc(Cl)c2F)n1. The Morgan fingerprint density at radius 2 is 2.28 bits per heavy atom. The van der Waals surface area contributed by atoms with Crippen LogP contribution < -0.4 is 11.3 Å². The first-order chi connectivity index (χ1) is 8.61. The monoisotopic (exact) mass is 268 g/mol. The molecule has 1 heterocycles. The molecular weight excluding hydrogens is 255 g/mol. The molecule has 0 aliphatic rings. The van der Waals surface area contributed by atoms with E-state index in [2.05, 4.69) is 10.5 Å². The number of nitrogens with two attached hydrogens (primary N) is 1. The van der Waals surface area contributed by atoms with Crippen molar-refractivity contribution < 1.29 is 4.39 Å². The maximum atomic E-state index is 13.9. The van der Waals surface area contributed by atoms with E-state index in [1.165, 1.54) is 6.07 Å². The number of nitrogens with one attached hydrogen (secondary N) is 1. The van der Waals surface area contributed by atoms with Gasteiger partial charge in [0.05, 0.1) is 16.8 Å². The number of hydrogen-bond acceptors (Lipinski definition) is 3. The topological polar surface area (TPSA) is 55.9 Å². The lowest BCUT2D eigenvalue weighted by Gasteiger charge is -2.16.